The minimum Gasteiger partial charge on any atom is -0.339 e. The van der Waals surface area contributed by atoms with Gasteiger partial charge in [0.1, 0.15) is 11.9 Å². The van der Waals surface area contributed by atoms with Crippen LogP contribution in [-0.2, 0) is 0 Å². The Labute approximate surface area is 106 Å². The van der Waals surface area contributed by atoms with E-state index in [0.29, 0.717) is 11.5 Å². The molecular weight excluding hydrogens is 315 g/mol. The lowest BCUT2D eigenvalue weighted by atomic mass is 10.3. The van der Waals surface area contributed by atoms with E-state index in [-0.39, 0.29) is 0 Å². The van der Waals surface area contributed by atoms with E-state index in [2.05, 4.69) is 37.9 Å². The largest absolute Gasteiger partial charge is 0.339 e. The third kappa shape index (κ3) is 2.67. The summed E-state index contributed by atoms with van der Waals surface area (Å²) >= 11 is 2.25. The molecule has 2 rings (SSSR count). The van der Waals surface area contributed by atoms with Gasteiger partial charge >= 0.3 is 0 Å². The molecule has 78 valence electrons. The fourth-order valence-electron chi connectivity index (χ4n) is 1.13. The van der Waals surface area contributed by atoms with Gasteiger partial charge in [-0.2, -0.15) is 5.26 Å². The highest BCUT2D eigenvalue weighted by molar-refractivity contribution is 14.1. The van der Waals surface area contributed by atoms with Gasteiger partial charge in [-0.15, -0.1) is 0 Å². The van der Waals surface area contributed by atoms with Gasteiger partial charge in [-0.3, -0.25) is 0 Å². The highest BCUT2D eigenvalue weighted by atomic mass is 127. The van der Waals surface area contributed by atoms with Crippen molar-refractivity contribution >= 4 is 34.1 Å². The maximum absolute atomic E-state index is 8.58. The number of nitrogens with zero attached hydrogens (tertiary/aromatic N) is 3. The minimum absolute atomic E-state index is 0.313. The Morgan fingerprint density at radius 3 is 2.44 bits per heavy atom. The van der Waals surface area contributed by atoms with Crippen LogP contribution in [-0.4, -0.2) is 9.97 Å². The molecular formula is C11H7IN4. The van der Waals surface area contributed by atoms with Crippen molar-refractivity contribution in [3.8, 4) is 6.07 Å². The molecule has 1 aromatic heterocycles. The average molecular weight is 322 g/mol. The van der Waals surface area contributed by atoms with E-state index in [1.807, 2.05) is 30.3 Å². The summed E-state index contributed by atoms with van der Waals surface area (Å²) in [7, 11) is 0. The van der Waals surface area contributed by atoms with Crippen molar-refractivity contribution in [2.75, 3.05) is 5.32 Å². The molecule has 2 aromatic rings. The number of anilines is 2. The molecule has 0 saturated carbocycles. The molecule has 4 nitrogen and oxygen atoms in total. The van der Waals surface area contributed by atoms with E-state index in [1.54, 1.807) is 0 Å². The third-order valence-electron chi connectivity index (χ3n) is 1.88. The summed E-state index contributed by atoms with van der Waals surface area (Å²) in [5.41, 5.74) is 1.26. The zero-order chi connectivity index (χ0) is 11.4. The lowest BCUT2D eigenvalue weighted by molar-refractivity contribution is 1.16. The standard InChI is InChI=1S/C11H7IN4/c12-8-1-3-9(4-2-8)16-11-7-14-10(5-13)6-15-11/h1-4,6-7H,(H,15,16). The minimum atomic E-state index is 0.313. The Bertz CT molecular complexity index is 513. The fraction of sp³-hybridized carbons (Fsp3) is 0. The summed E-state index contributed by atoms with van der Waals surface area (Å²) in [4.78, 5) is 7.99. The van der Waals surface area contributed by atoms with Gasteiger partial charge in [0, 0.05) is 9.26 Å². The van der Waals surface area contributed by atoms with Crippen LogP contribution in [0.2, 0.25) is 0 Å². The summed E-state index contributed by atoms with van der Waals surface area (Å²) in [5, 5.41) is 11.7. The number of rotatable bonds is 2. The molecule has 16 heavy (non-hydrogen) atoms. The van der Waals surface area contributed by atoms with Crippen LogP contribution in [0.15, 0.2) is 36.7 Å². The van der Waals surface area contributed by atoms with Crippen LogP contribution in [0, 0.1) is 14.9 Å². The van der Waals surface area contributed by atoms with Crippen molar-refractivity contribution in [2.45, 2.75) is 0 Å². The molecule has 0 spiro atoms. The second-order valence-electron chi connectivity index (χ2n) is 3.03. The van der Waals surface area contributed by atoms with Crippen LogP contribution in [0.1, 0.15) is 5.69 Å². The van der Waals surface area contributed by atoms with Crippen LogP contribution in [0.5, 0.6) is 0 Å². The van der Waals surface area contributed by atoms with Crippen molar-refractivity contribution in [1.82, 2.24) is 9.97 Å². The zero-order valence-electron chi connectivity index (χ0n) is 8.18. The summed E-state index contributed by atoms with van der Waals surface area (Å²) in [5.74, 6) is 0.625. The number of halogens is 1. The van der Waals surface area contributed by atoms with E-state index < -0.39 is 0 Å². The van der Waals surface area contributed by atoms with Gasteiger partial charge < -0.3 is 5.32 Å². The smallest absolute Gasteiger partial charge is 0.158 e. The predicted molar refractivity (Wildman–Crippen MR) is 69.2 cm³/mol. The highest BCUT2D eigenvalue weighted by Gasteiger charge is 1.97. The molecule has 0 aliphatic carbocycles. The first kappa shape index (κ1) is 10.8. The van der Waals surface area contributed by atoms with Crippen molar-refractivity contribution in [1.29, 1.82) is 5.26 Å². The second-order valence-corrected chi connectivity index (χ2v) is 4.28. The predicted octanol–water partition coefficient (Wildman–Crippen LogP) is 2.70. The molecule has 0 unspecified atom stereocenters. The molecule has 0 amide bonds. The van der Waals surface area contributed by atoms with E-state index >= 15 is 0 Å². The maximum atomic E-state index is 8.58. The van der Waals surface area contributed by atoms with Gasteiger partial charge in [-0.1, -0.05) is 0 Å². The first-order chi connectivity index (χ1) is 7.78. The Hall–Kier alpha value is -1.68. The Kier molecular flexibility index (Phi) is 3.31. The molecule has 1 heterocycles. The van der Waals surface area contributed by atoms with E-state index in [0.717, 1.165) is 5.69 Å². The van der Waals surface area contributed by atoms with Gasteiger partial charge in [0.25, 0.3) is 0 Å². The lowest BCUT2D eigenvalue weighted by Gasteiger charge is -2.04. The zero-order valence-corrected chi connectivity index (χ0v) is 10.3. The number of hydrogen-bond donors (Lipinski definition) is 1. The fourth-order valence-corrected chi connectivity index (χ4v) is 1.49. The van der Waals surface area contributed by atoms with Gasteiger partial charge in [0.2, 0.25) is 0 Å². The van der Waals surface area contributed by atoms with Crippen molar-refractivity contribution < 1.29 is 0 Å². The van der Waals surface area contributed by atoms with E-state index in [9.17, 15) is 0 Å². The molecule has 0 saturated heterocycles. The van der Waals surface area contributed by atoms with Crippen LogP contribution in [0.4, 0.5) is 11.5 Å². The van der Waals surface area contributed by atoms with Crippen LogP contribution >= 0.6 is 22.6 Å². The lowest BCUT2D eigenvalue weighted by Crippen LogP contribution is -1.95. The second kappa shape index (κ2) is 4.90. The first-order valence-corrected chi connectivity index (χ1v) is 5.60. The molecule has 0 atom stereocenters. The van der Waals surface area contributed by atoms with Gasteiger partial charge in [-0.05, 0) is 46.9 Å². The van der Waals surface area contributed by atoms with E-state index in [1.165, 1.54) is 16.0 Å². The molecule has 1 N–H and O–H groups in total. The number of nitriles is 1. The number of hydrogen-bond acceptors (Lipinski definition) is 4. The Morgan fingerprint density at radius 1 is 1.12 bits per heavy atom. The van der Waals surface area contributed by atoms with E-state index in [4.69, 9.17) is 5.26 Å². The molecule has 1 aromatic carbocycles. The monoisotopic (exact) mass is 322 g/mol. The average Bonchev–Trinajstić information content (AvgIpc) is 2.33. The quantitative estimate of drug-likeness (QED) is 0.864. The molecule has 0 bridgehead atoms. The van der Waals surface area contributed by atoms with Crippen LogP contribution < -0.4 is 5.32 Å². The number of aromatic nitrogens is 2. The first-order valence-electron chi connectivity index (χ1n) is 4.52. The van der Waals surface area contributed by atoms with Crippen molar-refractivity contribution in [3.63, 3.8) is 0 Å². The topological polar surface area (TPSA) is 61.6 Å². The van der Waals surface area contributed by atoms with Crippen molar-refractivity contribution in [2.24, 2.45) is 0 Å². The maximum Gasteiger partial charge on any atom is 0.158 e. The van der Waals surface area contributed by atoms with Crippen molar-refractivity contribution in [3.05, 3.63) is 45.9 Å². The molecule has 5 heteroatoms. The van der Waals surface area contributed by atoms with Gasteiger partial charge in [0.15, 0.2) is 5.69 Å². The van der Waals surface area contributed by atoms with Gasteiger partial charge in [-0.25, -0.2) is 9.97 Å². The van der Waals surface area contributed by atoms with Gasteiger partial charge in [0.05, 0.1) is 12.4 Å². The Balaban J connectivity index is 2.15. The number of nitrogens with one attached hydrogen (secondary N) is 1. The summed E-state index contributed by atoms with van der Waals surface area (Å²) in [6.07, 6.45) is 2.98. The SMILES string of the molecule is N#Cc1cnc(Nc2ccc(I)cc2)cn1. The molecule has 0 aliphatic rings. The third-order valence-corrected chi connectivity index (χ3v) is 2.60. The summed E-state index contributed by atoms with van der Waals surface area (Å²) < 4.78 is 1.18. The van der Waals surface area contributed by atoms with Crippen LogP contribution in [0.3, 0.4) is 0 Å². The summed E-state index contributed by atoms with van der Waals surface area (Å²) in [6, 6.07) is 9.84. The molecule has 0 radical (unpaired) electrons. The Morgan fingerprint density at radius 2 is 1.88 bits per heavy atom. The normalized spacial score (nSPS) is 9.50. The summed E-state index contributed by atoms with van der Waals surface area (Å²) in [6.45, 7) is 0. The molecule has 0 fully saturated rings. The number of benzene rings is 1. The van der Waals surface area contributed by atoms with Crippen LogP contribution in [0.25, 0.3) is 0 Å². The molecule has 0 aliphatic heterocycles. The highest BCUT2D eigenvalue weighted by Crippen LogP contribution is 2.15.